The van der Waals surface area contributed by atoms with E-state index in [1.807, 2.05) is 31.3 Å². The zero-order chi connectivity index (χ0) is 12.7. The van der Waals surface area contributed by atoms with Gasteiger partial charge in [0.1, 0.15) is 0 Å². The van der Waals surface area contributed by atoms with Crippen molar-refractivity contribution in [2.24, 2.45) is 4.40 Å². The number of hydrogen-bond acceptors (Lipinski definition) is 3. The van der Waals surface area contributed by atoms with E-state index in [9.17, 15) is 0 Å². The van der Waals surface area contributed by atoms with Gasteiger partial charge in [0.05, 0.1) is 12.7 Å². The molecule has 3 heteroatoms. The van der Waals surface area contributed by atoms with Crippen molar-refractivity contribution in [3.63, 3.8) is 0 Å². The Hall–Kier alpha value is -0.800. The highest BCUT2D eigenvalue weighted by Gasteiger charge is 2.09. The summed E-state index contributed by atoms with van der Waals surface area (Å²) < 4.78 is 10.2. The summed E-state index contributed by atoms with van der Waals surface area (Å²) in [5.41, 5.74) is 1.19. The molecule has 1 atom stereocenters. The van der Waals surface area contributed by atoms with Crippen molar-refractivity contribution in [2.75, 3.05) is 0 Å². The van der Waals surface area contributed by atoms with Crippen LogP contribution in [-0.2, 0) is 11.3 Å². The molecule has 0 aliphatic rings. The fraction of sp³-hybridized carbons (Fsp3) is 0.500. The van der Waals surface area contributed by atoms with Gasteiger partial charge in [-0.3, -0.25) is 0 Å². The summed E-state index contributed by atoms with van der Waals surface area (Å²) in [4.78, 5) is 0. The van der Waals surface area contributed by atoms with Crippen molar-refractivity contribution in [1.82, 2.24) is 0 Å². The Morgan fingerprint density at radius 3 is 2.53 bits per heavy atom. The zero-order valence-corrected chi connectivity index (χ0v) is 11.8. The zero-order valence-electron chi connectivity index (χ0n) is 11.0. The van der Waals surface area contributed by atoms with Crippen molar-refractivity contribution < 1.29 is 4.74 Å². The summed E-state index contributed by atoms with van der Waals surface area (Å²) in [6, 6.07) is 10.2. The lowest BCUT2D eigenvalue weighted by atomic mass is 10.2. The predicted octanol–water partition coefficient (Wildman–Crippen LogP) is 4.11. The van der Waals surface area contributed by atoms with Gasteiger partial charge in [-0.25, -0.2) is 4.40 Å². The molecule has 0 spiro atoms. The van der Waals surface area contributed by atoms with Gasteiger partial charge in [-0.05, 0) is 45.2 Å². The maximum atomic E-state index is 5.68. The third-order valence-corrected chi connectivity index (χ3v) is 2.73. The van der Waals surface area contributed by atoms with E-state index < -0.39 is 0 Å². The minimum absolute atomic E-state index is 0.0463. The van der Waals surface area contributed by atoms with Crippen LogP contribution in [0.2, 0.25) is 0 Å². The summed E-state index contributed by atoms with van der Waals surface area (Å²) >= 11 is 1.57. The second kappa shape index (κ2) is 6.82. The number of benzene rings is 1. The maximum absolute atomic E-state index is 5.68. The molecule has 0 N–H and O–H groups in total. The Morgan fingerprint density at radius 2 is 1.94 bits per heavy atom. The van der Waals surface area contributed by atoms with E-state index in [4.69, 9.17) is 4.74 Å². The van der Waals surface area contributed by atoms with Crippen LogP contribution in [0.3, 0.4) is 0 Å². The second-order valence-electron chi connectivity index (χ2n) is 4.96. The van der Waals surface area contributed by atoms with Crippen molar-refractivity contribution in [2.45, 2.75) is 45.2 Å². The van der Waals surface area contributed by atoms with Crippen LogP contribution in [0.25, 0.3) is 0 Å². The first kappa shape index (κ1) is 14.3. The smallest absolute Gasteiger partial charge is 0.0909 e. The minimum Gasteiger partial charge on any atom is -0.368 e. The lowest BCUT2D eigenvalue weighted by Crippen LogP contribution is -2.10. The Morgan fingerprint density at radius 1 is 1.29 bits per heavy atom. The SMILES string of the molecule is CC(/C=N/SC(C)(C)C)OCc1ccccc1. The highest BCUT2D eigenvalue weighted by atomic mass is 32.2. The molecular weight excluding hydrogens is 230 g/mol. The number of ether oxygens (including phenoxy) is 1. The van der Waals surface area contributed by atoms with Crippen LogP contribution < -0.4 is 0 Å². The molecule has 17 heavy (non-hydrogen) atoms. The number of rotatable bonds is 5. The van der Waals surface area contributed by atoms with Crippen LogP contribution >= 0.6 is 11.9 Å². The fourth-order valence-electron chi connectivity index (χ4n) is 1.12. The van der Waals surface area contributed by atoms with E-state index in [1.165, 1.54) is 5.56 Å². The maximum Gasteiger partial charge on any atom is 0.0909 e. The predicted molar refractivity (Wildman–Crippen MR) is 76.5 cm³/mol. The first-order valence-electron chi connectivity index (χ1n) is 5.84. The molecule has 0 saturated heterocycles. The van der Waals surface area contributed by atoms with Gasteiger partial charge in [0.15, 0.2) is 0 Å². The molecule has 0 aliphatic heterocycles. The molecule has 1 aromatic rings. The topological polar surface area (TPSA) is 21.6 Å². The van der Waals surface area contributed by atoms with Crippen LogP contribution in [0.5, 0.6) is 0 Å². The highest BCUT2D eigenvalue weighted by molar-refractivity contribution is 7.99. The summed E-state index contributed by atoms with van der Waals surface area (Å²) in [5.74, 6) is 0. The van der Waals surface area contributed by atoms with Crippen LogP contribution in [0.15, 0.2) is 34.7 Å². The molecule has 2 nitrogen and oxygen atoms in total. The van der Waals surface area contributed by atoms with Gasteiger partial charge in [0.25, 0.3) is 0 Å². The third-order valence-electron chi connectivity index (χ3n) is 1.95. The van der Waals surface area contributed by atoms with E-state index in [-0.39, 0.29) is 10.9 Å². The quantitative estimate of drug-likeness (QED) is 0.580. The second-order valence-corrected chi connectivity index (χ2v) is 6.58. The molecule has 0 amide bonds. The molecule has 0 aliphatic carbocycles. The van der Waals surface area contributed by atoms with Crippen LogP contribution in [0.1, 0.15) is 33.3 Å². The van der Waals surface area contributed by atoms with E-state index in [1.54, 1.807) is 11.9 Å². The van der Waals surface area contributed by atoms with Crippen LogP contribution in [0.4, 0.5) is 0 Å². The van der Waals surface area contributed by atoms with Crippen LogP contribution in [0, 0.1) is 0 Å². The summed E-state index contributed by atoms with van der Waals surface area (Å²) in [6.45, 7) is 9.07. The largest absolute Gasteiger partial charge is 0.368 e. The number of hydrogen-bond donors (Lipinski definition) is 0. The molecule has 0 heterocycles. The van der Waals surface area contributed by atoms with Crippen molar-refractivity contribution in [3.8, 4) is 0 Å². The molecule has 0 saturated carbocycles. The Kier molecular flexibility index (Phi) is 5.72. The van der Waals surface area contributed by atoms with Crippen molar-refractivity contribution >= 4 is 18.2 Å². The Balaban J connectivity index is 2.28. The Bertz CT molecular complexity index is 343. The van der Waals surface area contributed by atoms with E-state index in [2.05, 4.69) is 37.3 Å². The summed E-state index contributed by atoms with van der Waals surface area (Å²) in [6.07, 6.45) is 1.91. The van der Waals surface area contributed by atoms with Gasteiger partial charge in [-0.2, -0.15) is 0 Å². The van der Waals surface area contributed by atoms with Gasteiger partial charge in [0.2, 0.25) is 0 Å². The molecule has 1 rings (SSSR count). The van der Waals surface area contributed by atoms with E-state index in [0.29, 0.717) is 6.61 Å². The monoisotopic (exact) mass is 251 g/mol. The van der Waals surface area contributed by atoms with Gasteiger partial charge < -0.3 is 4.74 Å². The molecule has 1 unspecified atom stereocenters. The van der Waals surface area contributed by atoms with E-state index >= 15 is 0 Å². The van der Waals surface area contributed by atoms with Crippen LogP contribution in [-0.4, -0.2) is 17.1 Å². The van der Waals surface area contributed by atoms with Gasteiger partial charge in [-0.1, -0.05) is 30.3 Å². The standard InChI is InChI=1S/C14H21NOS/c1-12(10-15-17-14(2,3)4)16-11-13-8-6-5-7-9-13/h5-10,12H,11H2,1-4H3/b15-10+. The lowest BCUT2D eigenvalue weighted by Gasteiger charge is -2.13. The van der Waals surface area contributed by atoms with Gasteiger partial charge in [0, 0.05) is 11.0 Å². The summed E-state index contributed by atoms with van der Waals surface area (Å²) in [7, 11) is 0. The highest BCUT2D eigenvalue weighted by Crippen LogP contribution is 2.23. The van der Waals surface area contributed by atoms with Gasteiger partial charge >= 0.3 is 0 Å². The van der Waals surface area contributed by atoms with Gasteiger partial charge in [-0.15, -0.1) is 0 Å². The number of nitrogens with zero attached hydrogens (tertiary/aromatic N) is 1. The van der Waals surface area contributed by atoms with E-state index in [0.717, 1.165) is 0 Å². The summed E-state index contributed by atoms with van der Waals surface area (Å²) in [5, 5.41) is 0. The minimum atomic E-state index is 0.0463. The first-order chi connectivity index (χ1) is 7.97. The molecule has 0 radical (unpaired) electrons. The molecular formula is C14H21NOS. The lowest BCUT2D eigenvalue weighted by molar-refractivity contribution is 0.0992. The fourth-order valence-corrected chi connectivity index (χ4v) is 1.67. The molecule has 0 aromatic heterocycles. The average molecular weight is 251 g/mol. The molecule has 1 aromatic carbocycles. The Labute approximate surface area is 109 Å². The molecule has 94 valence electrons. The normalized spacial score (nSPS) is 14.1. The molecule has 0 bridgehead atoms. The molecule has 0 fully saturated rings. The third kappa shape index (κ3) is 7.18. The van der Waals surface area contributed by atoms with Crippen molar-refractivity contribution in [3.05, 3.63) is 35.9 Å². The average Bonchev–Trinajstić information content (AvgIpc) is 2.26. The first-order valence-corrected chi connectivity index (χ1v) is 6.62. The van der Waals surface area contributed by atoms with Crippen molar-refractivity contribution in [1.29, 1.82) is 0 Å².